The van der Waals surface area contributed by atoms with Crippen molar-refractivity contribution in [2.24, 2.45) is 5.90 Å². The van der Waals surface area contributed by atoms with Crippen LogP contribution in [0, 0.1) is 0 Å². The van der Waals surface area contributed by atoms with Crippen LogP contribution in [-0.4, -0.2) is 12.1 Å². The van der Waals surface area contributed by atoms with Crippen LogP contribution in [-0.2, 0) is 22.8 Å². The Labute approximate surface area is 71.3 Å². The van der Waals surface area contributed by atoms with Crippen LogP contribution in [0.15, 0.2) is 18.2 Å². The molecular weight excluding hydrogens is 156 g/mol. The maximum Gasteiger partial charge on any atom is 0.110 e. The quantitative estimate of drug-likeness (QED) is 0.669. The first-order valence-electron chi connectivity index (χ1n) is 3.62. The van der Waals surface area contributed by atoms with Gasteiger partial charge in [-0.2, -0.15) is 0 Å². The fraction of sp³-hybridized carbons (Fsp3) is 0.375. The fourth-order valence-electron chi connectivity index (χ4n) is 0.923. The summed E-state index contributed by atoms with van der Waals surface area (Å²) >= 11 is 0. The van der Waals surface area contributed by atoms with Crippen molar-refractivity contribution in [3.05, 3.63) is 29.6 Å². The normalized spacial score (nSPS) is 10.2. The van der Waals surface area contributed by atoms with E-state index < -0.39 is 0 Å². The summed E-state index contributed by atoms with van der Waals surface area (Å²) in [6.07, 6.45) is 0. The van der Waals surface area contributed by atoms with Gasteiger partial charge in [0, 0.05) is 7.11 Å². The van der Waals surface area contributed by atoms with E-state index in [-0.39, 0.29) is 0 Å². The van der Waals surface area contributed by atoms with Crippen LogP contribution >= 0.6 is 0 Å². The van der Waals surface area contributed by atoms with Crippen molar-refractivity contribution in [1.82, 2.24) is 4.98 Å². The summed E-state index contributed by atoms with van der Waals surface area (Å²) in [5.41, 5.74) is 1.69. The Kier molecular flexibility index (Phi) is 3.66. The molecule has 2 N–H and O–H groups in total. The van der Waals surface area contributed by atoms with Crippen molar-refractivity contribution < 1.29 is 9.57 Å². The third-order valence-electron chi connectivity index (χ3n) is 1.39. The number of hydrogen-bond donors (Lipinski definition) is 1. The predicted octanol–water partition coefficient (Wildman–Crippen LogP) is 0.618. The molecule has 0 aromatic carbocycles. The summed E-state index contributed by atoms with van der Waals surface area (Å²) in [6.45, 7) is 0.843. The number of rotatable bonds is 4. The van der Waals surface area contributed by atoms with Gasteiger partial charge in [-0.1, -0.05) is 6.07 Å². The summed E-state index contributed by atoms with van der Waals surface area (Å²) in [5.74, 6) is 4.91. The molecule has 1 rings (SSSR count). The van der Waals surface area contributed by atoms with Gasteiger partial charge in [0.15, 0.2) is 0 Å². The van der Waals surface area contributed by atoms with Gasteiger partial charge in [-0.25, -0.2) is 5.90 Å². The Hall–Kier alpha value is -0.970. The van der Waals surface area contributed by atoms with Gasteiger partial charge in [-0.05, 0) is 12.1 Å². The molecule has 0 saturated heterocycles. The first-order chi connectivity index (χ1) is 5.86. The highest BCUT2D eigenvalue weighted by atomic mass is 16.6. The number of pyridine rings is 1. The molecule has 0 aliphatic rings. The van der Waals surface area contributed by atoms with Gasteiger partial charge in [-0.15, -0.1) is 0 Å². The molecule has 0 fully saturated rings. The molecule has 0 spiro atoms. The second-order valence-corrected chi connectivity index (χ2v) is 2.36. The van der Waals surface area contributed by atoms with Gasteiger partial charge in [0.2, 0.25) is 0 Å². The highest BCUT2D eigenvalue weighted by molar-refractivity contribution is 5.09. The van der Waals surface area contributed by atoms with Crippen molar-refractivity contribution in [2.75, 3.05) is 7.11 Å². The Morgan fingerprint density at radius 3 is 2.58 bits per heavy atom. The lowest BCUT2D eigenvalue weighted by molar-refractivity contribution is 0.120. The van der Waals surface area contributed by atoms with Crippen molar-refractivity contribution >= 4 is 0 Å². The molecule has 0 saturated carbocycles. The zero-order chi connectivity index (χ0) is 8.81. The predicted molar refractivity (Wildman–Crippen MR) is 43.9 cm³/mol. The van der Waals surface area contributed by atoms with Crippen molar-refractivity contribution in [1.29, 1.82) is 0 Å². The lowest BCUT2D eigenvalue weighted by atomic mass is 10.3. The van der Waals surface area contributed by atoms with Crippen LogP contribution in [0.3, 0.4) is 0 Å². The maximum atomic E-state index is 4.93. The number of ether oxygens (including phenoxy) is 1. The molecule has 0 amide bonds. The van der Waals surface area contributed by atoms with E-state index in [0.29, 0.717) is 13.2 Å². The third-order valence-corrected chi connectivity index (χ3v) is 1.39. The molecule has 1 aromatic rings. The molecule has 0 unspecified atom stereocenters. The van der Waals surface area contributed by atoms with Gasteiger partial charge < -0.3 is 4.74 Å². The van der Waals surface area contributed by atoms with E-state index in [1.807, 2.05) is 18.2 Å². The second-order valence-electron chi connectivity index (χ2n) is 2.36. The van der Waals surface area contributed by atoms with Crippen LogP contribution in [0.2, 0.25) is 0 Å². The number of aromatic nitrogens is 1. The van der Waals surface area contributed by atoms with E-state index in [1.165, 1.54) is 0 Å². The molecule has 0 radical (unpaired) electrons. The van der Waals surface area contributed by atoms with Crippen LogP contribution in [0.1, 0.15) is 11.4 Å². The number of hydrogen-bond acceptors (Lipinski definition) is 4. The molecule has 12 heavy (non-hydrogen) atoms. The minimum absolute atomic E-state index is 0.331. The SMILES string of the molecule is COCc1cccc(CON)n1. The molecule has 1 aromatic heterocycles. The highest BCUT2D eigenvalue weighted by Gasteiger charge is 1.96. The number of nitrogens with zero attached hydrogens (tertiary/aromatic N) is 1. The Bertz CT molecular complexity index is 219. The van der Waals surface area contributed by atoms with E-state index in [4.69, 9.17) is 10.6 Å². The second kappa shape index (κ2) is 4.82. The van der Waals surface area contributed by atoms with E-state index >= 15 is 0 Å². The average Bonchev–Trinajstić information content (AvgIpc) is 2.06. The van der Waals surface area contributed by atoms with E-state index in [0.717, 1.165) is 11.4 Å². The molecule has 4 heteroatoms. The van der Waals surface area contributed by atoms with Crippen molar-refractivity contribution in [3.63, 3.8) is 0 Å². The van der Waals surface area contributed by atoms with Gasteiger partial charge in [0.05, 0.1) is 18.0 Å². The van der Waals surface area contributed by atoms with Crippen molar-refractivity contribution in [3.8, 4) is 0 Å². The minimum atomic E-state index is 0.331. The number of methoxy groups -OCH3 is 1. The first kappa shape index (κ1) is 9.12. The van der Waals surface area contributed by atoms with Crippen molar-refractivity contribution in [2.45, 2.75) is 13.2 Å². The Balaban J connectivity index is 2.67. The topological polar surface area (TPSA) is 57.4 Å². The summed E-state index contributed by atoms with van der Waals surface area (Å²) in [5, 5.41) is 0. The average molecular weight is 168 g/mol. The minimum Gasteiger partial charge on any atom is -0.378 e. The zero-order valence-electron chi connectivity index (χ0n) is 6.99. The third kappa shape index (κ3) is 2.58. The van der Waals surface area contributed by atoms with Crippen LogP contribution in [0.4, 0.5) is 0 Å². The smallest absolute Gasteiger partial charge is 0.110 e. The van der Waals surface area contributed by atoms with E-state index in [2.05, 4.69) is 9.82 Å². The molecule has 0 bridgehead atoms. The standard InChI is InChI=1S/C8H12N2O2/c1-11-5-7-3-2-4-8(10-7)6-12-9/h2-4H,5-6,9H2,1H3. The number of nitrogens with two attached hydrogens (primary N) is 1. The summed E-state index contributed by atoms with van der Waals surface area (Å²) in [6, 6.07) is 5.64. The molecular formula is C8H12N2O2. The largest absolute Gasteiger partial charge is 0.378 e. The first-order valence-corrected chi connectivity index (χ1v) is 3.62. The molecule has 1 heterocycles. The molecule has 0 aliphatic heterocycles. The van der Waals surface area contributed by atoms with Gasteiger partial charge in [0.1, 0.15) is 6.61 Å². The summed E-state index contributed by atoms with van der Waals surface area (Å²) < 4.78 is 4.93. The Morgan fingerprint density at radius 2 is 2.00 bits per heavy atom. The summed E-state index contributed by atoms with van der Waals surface area (Å²) in [4.78, 5) is 8.68. The summed E-state index contributed by atoms with van der Waals surface area (Å²) in [7, 11) is 1.63. The lowest BCUT2D eigenvalue weighted by Gasteiger charge is -2.01. The zero-order valence-corrected chi connectivity index (χ0v) is 6.99. The van der Waals surface area contributed by atoms with E-state index in [1.54, 1.807) is 7.11 Å². The van der Waals surface area contributed by atoms with Crippen LogP contribution in [0.5, 0.6) is 0 Å². The van der Waals surface area contributed by atoms with Gasteiger partial charge in [-0.3, -0.25) is 9.82 Å². The lowest BCUT2D eigenvalue weighted by Crippen LogP contribution is -2.02. The van der Waals surface area contributed by atoms with Crippen LogP contribution < -0.4 is 5.90 Å². The van der Waals surface area contributed by atoms with Gasteiger partial charge in [0.25, 0.3) is 0 Å². The fourth-order valence-corrected chi connectivity index (χ4v) is 0.923. The van der Waals surface area contributed by atoms with Crippen LogP contribution in [0.25, 0.3) is 0 Å². The maximum absolute atomic E-state index is 4.93. The molecule has 66 valence electrons. The monoisotopic (exact) mass is 168 g/mol. The van der Waals surface area contributed by atoms with E-state index in [9.17, 15) is 0 Å². The molecule has 4 nitrogen and oxygen atoms in total. The van der Waals surface area contributed by atoms with Gasteiger partial charge >= 0.3 is 0 Å². The molecule has 0 atom stereocenters. The highest BCUT2D eigenvalue weighted by Crippen LogP contribution is 2.00. The Morgan fingerprint density at radius 1 is 1.33 bits per heavy atom. The molecule has 0 aliphatic carbocycles.